The Morgan fingerprint density at radius 2 is 1.75 bits per heavy atom. The van der Waals surface area contributed by atoms with Crippen LogP contribution in [0.4, 0.5) is 0 Å². The fourth-order valence-electron chi connectivity index (χ4n) is 2.97. The van der Waals surface area contributed by atoms with Crippen molar-refractivity contribution in [2.24, 2.45) is 5.73 Å². The molecule has 0 saturated heterocycles. The molecule has 1 unspecified atom stereocenters. The van der Waals surface area contributed by atoms with Gasteiger partial charge in [-0.1, -0.05) is 30.6 Å². The zero-order chi connectivity index (χ0) is 13.8. The van der Waals surface area contributed by atoms with Gasteiger partial charge in [-0.15, -0.1) is 0 Å². The maximum atomic E-state index is 6.46. The van der Waals surface area contributed by atoms with Gasteiger partial charge in [-0.3, -0.25) is 0 Å². The predicted octanol–water partition coefficient (Wildman–Crippen LogP) is 3.74. The molecule has 3 rings (SSSR count). The number of hydrogen-bond donors (Lipinski definition) is 1. The average Bonchev–Trinajstić information content (AvgIpc) is 2.46. The molecule has 3 nitrogen and oxygen atoms in total. The highest BCUT2D eigenvalue weighted by Gasteiger charge is 2.17. The Bertz CT molecular complexity index is 496. The fourth-order valence-corrected chi connectivity index (χ4v) is 2.97. The van der Waals surface area contributed by atoms with E-state index in [1.165, 1.54) is 31.3 Å². The zero-order valence-corrected chi connectivity index (χ0v) is 11.9. The van der Waals surface area contributed by atoms with Gasteiger partial charge in [0.05, 0.1) is 6.04 Å². The number of allylic oxidation sites excluding steroid dienone is 1. The lowest BCUT2D eigenvalue weighted by Crippen LogP contribution is -2.17. The molecular formula is C17H23NO2. The molecule has 2 aliphatic rings. The second kappa shape index (κ2) is 6.31. The third-order valence-electron chi connectivity index (χ3n) is 4.15. The number of benzene rings is 1. The molecule has 2 N–H and O–H groups in total. The third kappa shape index (κ3) is 2.98. The molecule has 1 heterocycles. The van der Waals surface area contributed by atoms with E-state index in [4.69, 9.17) is 15.2 Å². The van der Waals surface area contributed by atoms with Crippen LogP contribution in [0.1, 0.15) is 50.1 Å². The molecule has 1 aromatic rings. The third-order valence-corrected chi connectivity index (χ3v) is 4.15. The van der Waals surface area contributed by atoms with E-state index in [2.05, 4.69) is 12.1 Å². The van der Waals surface area contributed by atoms with Crippen LogP contribution >= 0.6 is 0 Å². The smallest absolute Gasteiger partial charge is 0.161 e. The molecule has 0 saturated carbocycles. The second-order valence-electron chi connectivity index (χ2n) is 5.61. The lowest BCUT2D eigenvalue weighted by atomic mass is 9.91. The minimum atomic E-state index is -0.0103. The van der Waals surface area contributed by atoms with E-state index in [1.807, 2.05) is 12.1 Å². The van der Waals surface area contributed by atoms with E-state index >= 15 is 0 Å². The van der Waals surface area contributed by atoms with Crippen LogP contribution in [0.15, 0.2) is 29.8 Å². The second-order valence-corrected chi connectivity index (χ2v) is 5.61. The average molecular weight is 273 g/mol. The number of ether oxygens (including phenoxy) is 2. The van der Waals surface area contributed by atoms with Crippen molar-refractivity contribution >= 4 is 0 Å². The van der Waals surface area contributed by atoms with Gasteiger partial charge >= 0.3 is 0 Å². The summed E-state index contributed by atoms with van der Waals surface area (Å²) in [6.07, 6.45) is 9.85. The van der Waals surface area contributed by atoms with Crippen LogP contribution in [-0.4, -0.2) is 13.2 Å². The van der Waals surface area contributed by atoms with Crippen molar-refractivity contribution in [2.45, 2.75) is 44.6 Å². The van der Waals surface area contributed by atoms with Crippen LogP contribution in [0.5, 0.6) is 11.5 Å². The molecule has 0 amide bonds. The van der Waals surface area contributed by atoms with Crippen molar-refractivity contribution in [3.05, 3.63) is 35.4 Å². The molecule has 3 heteroatoms. The molecule has 0 spiro atoms. The summed E-state index contributed by atoms with van der Waals surface area (Å²) in [5.74, 6) is 1.66. The largest absolute Gasteiger partial charge is 0.486 e. The van der Waals surface area contributed by atoms with Gasteiger partial charge in [-0.05, 0) is 43.4 Å². The van der Waals surface area contributed by atoms with Crippen molar-refractivity contribution < 1.29 is 9.47 Å². The van der Waals surface area contributed by atoms with E-state index in [9.17, 15) is 0 Å². The summed E-state index contributed by atoms with van der Waals surface area (Å²) in [6.45, 7) is 1.25. The normalized spacial score (nSPS) is 23.1. The molecule has 1 aromatic carbocycles. The highest BCUT2D eigenvalue weighted by atomic mass is 16.6. The quantitative estimate of drug-likeness (QED) is 0.835. The standard InChI is InChI=1S/C17H23NO2/c18-17(13-6-4-2-1-3-5-7-13)14-8-9-15-16(12-14)20-11-10-19-15/h6,8-9,12,17H,1-5,7,10-11,18H2/b13-6+. The van der Waals surface area contributed by atoms with Crippen molar-refractivity contribution in [1.82, 2.24) is 0 Å². The van der Waals surface area contributed by atoms with Crippen molar-refractivity contribution in [2.75, 3.05) is 13.2 Å². The number of fused-ring (bicyclic) bond motifs is 1. The Hall–Kier alpha value is -1.48. The maximum Gasteiger partial charge on any atom is 0.161 e. The van der Waals surface area contributed by atoms with Gasteiger partial charge in [-0.2, -0.15) is 0 Å². The number of hydrogen-bond acceptors (Lipinski definition) is 3. The minimum Gasteiger partial charge on any atom is -0.486 e. The minimum absolute atomic E-state index is 0.0103. The Morgan fingerprint density at radius 3 is 2.65 bits per heavy atom. The van der Waals surface area contributed by atoms with Gasteiger partial charge in [0.2, 0.25) is 0 Å². The molecular weight excluding hydrogens is 250 g/mol. The van der Waals surface area contributed by atoms with Gasteiger partial charge in [0.25, 0.3) is 0 Å². The highest BCUT2D eigenvalue weighted by molar-refractivity contribution is 5.46. The number of nitrogens with two attached hydrogens (primary N) is 1. The zero-order valence-electron chi connectivity index (χ0n) is 11.9. The molecule has 20 heavy (non-hydrogen) atoms. The summed E-state index contributed by atoms with van der Waals surface area (Å²) >= 11 is 0. The Kier molecular flexibility index (Phi) is 4.26. The first-order valence-corrected chi connectivity index (χ1v) is 7.68. The monoisotopic (exact) mass is 273 g/mol. The first-order valence-electron chi connectivity index (χ1n) is 7.68. The Balaban J connectivity index is 1.80. The Labute approximate surface area is 120 Å². The van der Waals surface area contributed by atoms with E-state index in [1.54, 1.807) is 0 Å². The first kappa shape index (κ1) is 13.5. The Morgan fingerprint density at radius 1 is 0.950 bits per heavy atom. The van der Waals surface area contributed by atoms with Crippen molar-refractivity contribution in [3.63, 3.8) is 0 Å². The summed E-state index contributed by atoms with van der Waals surface area (Å²) in [7, 11) is 0. The summed E-state index contributed by atoms with van der Waals surface area (Å²) in [4.78, 5) is 0. The van der Waals surface area contributed by atoms with Crippen LogP contribution in [0.2, 0.25) is 0 Å². The molecule has 1 aliphatic carbocycles. The molecule has 0 fully saturated rings. The number of rotatable bonds is 2. The molecule has 1 atom stereocenters. The van der Waals surface area contributed by atoms with Crippen molar-refractivity contribution in [3.8, 4) is 11.5 Å². The van der Waals surface area contributed by atoms with Crippen molar-refractivity contribution in [1.29, 1.82) is 0 Å². The molecule has 108 valence electrons. The lowest BCUT2D eigenvalue weighted by molar-refractivity contribution is 0.171. The van der Waals surface area contributed by atoms with Crippen LogP contribution in [0.25, 0.3) is 0 Å². The van der Waals surface area contributed by atoms with Crippen LogP contribution in [-0.2, 0) is 0 Å². The van der Waals surface area contributed by atoms with E-state index in [0.29, 0.717) is 13.2 Å². The maximum absolute atomic E-state index is 6.46. The molecule has 1 aliphatic heterocycles. The van der Waals surface area contributed by atoms with Crippen LogP contribution < -0.4 is 15.2 Å². The topological polar surface area (TPSA) is 44.5 Å². The van der Waals surface area contributed by atoms with Gasteiger partial charge in [-0.25, -0.2) is 0 Å². The SMILES string of the molecule is NC(/C1=C/CCCCCC1)c1ccc2c(c1)OCCO2. The van der Waals surface area contributed by atoms with Gasteiger partial charge in [0, 0.05) is 0 Å². The van der Waals surface area contributed by atoms with E-state index in [0.717, 1.165) is 29.9 Å². The summed E-state index contributed by atoms with van der Waals surface area (Å²) in [5, 5.41) is 0. The van der Waals surface area contributed by atoms with Crippen LogP contribution in [0, 0.1) is 0 Å². The first-order chi connectivity index (χ1) is 9.84. The molecule has 0 radical (unpaired) electrons. The van der Waals surface area contributed by atoms with E-state index in [-0.39, 0.29) is 6.04 Å². The fraction of sp³-hybridized carbons (Fsp3) is 0.529. The van der Waals surface area contributed by atoms with Crippen LogP contribution in [0.3, 0.4) is 0 Å². The summed E-state index contributed by atoms with van der Waals surface area (Å²) < 4.78 is 11.2. The van der Waals surface area contributed by atoms with E-state index < -0.39 is 0 Å². The molecule has 0 aromatic heterocycles. The van der Waals surface area contributed by atoms with Gasteiger partial charge in [0.1, 0.15) is 13.2 Å². The van der Waals surface area contributed by atoms with Gasteiger partial charge in [0.15, 0.2) is 11.5 Å². The lowest BCUT2D eigenvalue weighted by Gasteiger charge is -2.22. The molecule has 0 bridgehead atoms. The highest BCUT2D eigenvalue weighted by Crippen LogP contribution is 2.35. The van der Waals surface area contributed by atoms with Gasteiger partial charge < -0.3 is 15.2 Å². The predicted molar refractivity (Wildman–Crippen MR) is 80.1 cm³/mol. The summed E-state index contributed by atoms with van der Waals surface area (Å²) in [5.41, 5.74) is 8.96. The summed E-state index contributed by atoms with van der Waals surface area (Å²) in [6, 6.07) is 6.08.